The zero-order valence-electron chi connectivity index (χ0n) is 13.7. The van der Waals surface area contributed by atoms with Crippen molar-refractivity contribution in [2.75, 3.05) is 26.9 Å². The van der Waals surface area contributed by atoms with E-state index in [-0.39, 0.29) is 6.61 Å². The molecule has 0 unspecified atom stereocenters. The number of rotatable bonds is 8. The Bertz CT molecular complexity index is 611. The molecule has 1 aromatic carbocycles. The van der Waals surface area contributed by atoms with Gasteiger partial charge in [-0.3, -0.25) is 5.43 Å². The number of carbonyl (C=O) groups excluding carboxylic acids is 1. The fourth-order valence-electron chi connectivity index (χ4n) is 1.65. The number of carbonyl (C=O) groups is 1. The number of esters is 1. The Hall–Kier alpha value is -1.87. The molecule has 0 aliphatic carbocycles. The summed E-state index contributed by atoms with van der Waals surface area (Å²) in [6.07, 6.45) is 1.59. The first-order chi connectivity index (χ1) is 11.5. The Morgan fingerprint density at radius 1 is 1.42 bits per heavy atom. The second-order valence-electron chi connectivity index (χ2n) is 4.36. The van der Waals surface area contributed by atoms with E-state index in [1.54, 1.807) is 25.3 Å². The van der Waals surface area contributed by atoms with Crippen LogP contribution in [0.2, 0.25) is 0 Å². The van der Waals surface area contributed by atoms with Gasteiger partial charge in [-0.05, 0) is 59.7 Å². The molecule has 0 radical (unpaired) electrons. The molecule has 1 aromatic rings. The average Bonchev–Trinajstić information content (AvgIpc) is 2.54. The SMILES string of the molecule is CCNC(=S)N/N=C\c1cc(Br)c(OCC(=O)OCC)c(OC)c1. The minimum atomic E-state index is -0.446. The first kappa shape index (κ1) is 20.2. The lowest BCUT2D eigenvalue weighted by molar-refractivity contribution is -0.145. The van der Waals surface area contributed by atoms with Crippen molar-refractivity contribution in [1.29, 1.82) is 0 Å². The summed E-state index contributed by atoms with van der Waals surface area (Å²) in [5.41, 5.74) is 3.46. The van der Waals surface area contributed by atoms with Crippen molar-refractivity contribution in [1.82, 2.24) is 10.7 Å². The van der Waals surface area contributed by atoms with Crippen molar-refractivity contribution < 1.29 is 19.0 Å². The maximum atomic E-state index is 11.4. The van der Waals surface area contributed by atoms with Crippen LogP contribution in [0.1, 0.15) is 19.4 Å². The van der Waals surface area contributed by atoms with E-state index in [9.17, 15) is 4.79 Å². The van der Waals surface area contributed by atoms with E-state index in [0.29, 0.717) is 34.2 Å². The molecule has 0 amide bonds. The highest BCUT2D eigenvalue weighted by Gasteiger charge is 2.13. The number of benzene rings is 1. The second kappa shape index (κ2) is 10.8. The van der Waals surface area contributed by atoms with E-state index in [1.807, 2.05) is 6.92 Å². The summed E-state index contributed by atoms with van der Waals surface area (Å²) in [6, 6.07) is 3.51. The average molecular weight is 418 g/mol. The highest BCUT2D eigenvalue weighted by molar-refractivity contribution is 9.10. The Morgan fingerprint density at radius 2 is 2.17 bits per heavy atom. The third kappa shape index (κ3) is 6.71. The number of thiocarbonyl (C=S) groups is 1. The Labute approximate surface area is 154 Å². The van der Waals surface area contributed by atoms with E-state index >= 15 is 0 Å². The van der Waals surface area contributed by atoms with E-state index in [0.717, 1.165) is 5.56 Å². The maximum absolute atomic E-state index is 11.4. The van der Waals surface area contributed by atoms with Crippen molar-refractivity contribution in [3.63, 3.8) is 0 Å². The predicted molar refractivity (Wildman–Crippen MR) is 99.8 cm³/mol. The molecule has 132 valence electrons. The van der Waals surface area contributed by atoms with Crippen LogP contribution in [0.15, 0.2) is 21.7 Å². The molecule has 0 saturated heterocycles. The highest BCUT2D eigenvalue weighted by Crippen LogP contribution is 2.36. The van der Waals surface area contributed by atoms with Crippen LogP contribution in [0, 0.1) is 0 Å². The molecule has 0 saturated carbocycles. The number of halogens is 1. The van der Waals surface area contributed by atoms with Gasteiger partial charge in [-0.1, -0.05) is 0 Å². The predicted octanol–water partition coefficient (Wildman–Crippen LogP) is 2.22. The number of hydrazone groups is 1. The minimum absolute atomic E-state index is 0.200. The third-order valence-electron chi connectivity index (χ3n) is 2.61. The van der Waals surface area contributed by atoms with E-state index in [1.165, 1.54) is 7.11 Å². The summed E-state index contributed by atoms with van der Waals surface area (Å²) in [5, 5.41) is 7.40. The van der Waals surface area contributed by atoms with Crippen LogP contribution >= 0.6 is 28.1 Å². The molecule has 0 atom stereocenters. The van der Waals surface area contributed by atoms with Gasteiger partial charge in [-0.15, -0.1) is 0 Å². The smallest absolute Gasteiger partial charge is 0.344 e. The lowest BCUT2D eigenvalue weighted by Gasteiger charge is -2.13. The Balaban J connectivity index is 2.81. The van der Waals surface area contributed by atoms with Crippen LogP contribution in [0.5, 0.6) is 11.5 Å². The van der Waals surface area contributed by atoms with Gasteiger partial charge in [-0.25, -0.2) is 4.79 Å². The molecule has 2 N–H and O–H groups in total. The zero-order chi connectivity index (χ0) is 17.9. The molecule has 0 aromatic heterocycles. The van der Waals surface area contributed by atoms with Crippen LogP contribution < -0.4 is 20.2 Å². The fourth-order valence-corrected chi connectivity index (χ4v) is 2.42. The number of nitrogens with one attached hydrogen (secondary N) is 2. The summed E-state index contributed by atoms with van der Waals surface area (Å²) in [5.74, 6) is 0.432. The first-order valence-electron chi connectivity index (χ1n) is 7.24. The van der Waals surface area contributed by atoms with Gasteiger partial charge in [0.05, 0.1) is 24.4 Å². The summed E-state index contributed by atoms with van der Waals surface area (Å²) in [6.45, 7) is 4.49. The molecule has 7 nitrogen and oxygen atoms in total. The molecular formula is C15H20BrN3O4S. The fraction of sp³-hybridized carbons (Fsp3) is 0.400. The molecule has 0 aliphatic rings. The van der Waals surface area contributed by atoms with E-state index < -0.39 is 5.97 Å². The molecule has 0 fully saturated rings. The Morgan fingerprint density at radius 3 is 2.79 bits per heavy atom. The third-order valence-corrected chi connectivity index (χ3v) is 3.43. The van der Waals surface area contributed by atoms with E-state index in [2.05, 4.69) is 31.8 Å². The van der Waals surface area contributed by atoms with Gasteiger partial charge < -0.3 is 19.5 Å². The molecule has 1 rings (SSSR count). The zero-order valence-corrected chi connectivity index (χ0v) is 16.1. The molecule has 9 heteroatoms. The van der Waals surface area contributed by atoms with Crippen molar-refractivity contribution >= 4 is 45.4 Å². The number of methoxy groups -OCH3 is 1. The monoisotopic (exact) mass is 417 g/mol. The minimum Gasteiger partial charge on any atom is -0.493 e. The standard InChI is InChI=1S/C15H20BrN3O4S/c1-4-17-15(24)19-18-8-10-6-11(16)14(12(7-10)21-3)23-9-13(20)22-5-2/h6-8H,4-5,9H2,1-3H3,(H2,17,19,24)/b18-8-. The van der Waals surface area contributed by atoms with Crippen LogP contribution in [0.4, 0.5) is 0 Å². The van der Waals surface area contributed by atoms with Crippen LogP contribution in [0.3, 0.4) is 0 Å². The van der Waals surface area contributed by atoms with Crippen LogP contribution in [0.25, 0.3) is 0 Å². The summed E-state index contributed by atoms with van der Waals surface area (Å²) >= 11 is 8.41. The summed E-state index contributed by atoms with van der Waals surface area (Å²) in [7, 11) is 1.51. The van der Waals surface area contributed by atoms with Crippen LogP contribution in [-0.4, -0.2) is 44.2 Å². The summed E-state index contributed by atoms with van der Waals surface area (Å²) < 4.78 is 16.2. The van der Waals surface area contributed by atoms with Gasteiger partial charge in [0.2, 0.25) is 0 Å². The van der Waals surface area contributed by atoms with E-state index in [4.69, 9.17) is 26.4 Å². The molecule has 0 heterocycles. The number of hydrogen-bond acceptors (Lipinski definition) is 6. The van der Waals surface area contributed by atoms with Gasteiger partial charge in [0, 0.05) is 6.54 Å². The topological polar surface area (TPSA) is 81.2 Å². The summed E-state index contributed by atoms with van der Waals surface area (Å²) in [4.78, 5) is 11.4. The van der Waals surface area contributed by atoms with Crippen molar-refractivity contribution in [2.45, 2.75) is 13.8 Å². The molecule has 0 aliphatic heterocycles. The highest BCUT2D eigenvalue weighted by atomic mass is 79.9. The van der Waals surface area contributed by atoms with Crippen molar-refractivity contribution in [2.24, 2.45) is 5.10 Å². The molecular weight excluding hydrogens is 398 g/mol. The van der Waals surface area contributed by atoms with Gasteiger partial charge >= 0.3 is 5.97 Å². The number of hydrogen-bond donors (Lipinski definition) is 2. The molecule has 0 bridgehead atoms. The molecule has 24 heavy (non-hydrogen) atoms. The number of nitrogens with zero attached hydrogens (tertiary/aromatic N) is 1. The largest absolute Gasteiger partial charge is 0.493 e. The van der Waals surface area contributed by atoms with Gasteiger partial charge in [0.15, 0.2) is 23.2 Å². The maximum Gasteiger partial charge on any atom is 0.344 e. The van der Waals surface area contributed by atoms with Crippen molar-refractivity contribution in [3.8, 4) is 11.5 Å². The van der Waals surface area contributed by atoms with Crippen molar-refractivity contribution in [3.05, 3.63) is 22.2 Å². The quantitative estimate of drug-likeness (QED) is 0.290. The normalized spacial score (nSPS) is 10.3. The Kier molecular flexibility index (Phi) is 9.10. The first-order valence-corrected chi connectivity index (χ1v) is 8.44. The second-order valence-corrected chi connectivity index (χ2v) is 5.62. The lowest BCUT2D eigenvalue weighted by Crippen LogP contribution is -2.31. The van der Waals surface area contributed by atoms with Gasteiger partial charge in [-0.2, -0.15) is 5.10 Å². The van der Waals surface area contributed by atoms with Gasteiger partial charge in [0.1, 0.15) is 0 Å². The van der Waals surface area contributed by atoms with Crippen LogP contribution in [-0.2, 0) is 9.53 Å². The molecule has 0 spiro atoms. The lowest BCUT2D eigenvalue weighted by atomic mass is 10.2. The number of ether oxygens (including phenoxy) is 3. The van der Waals surface area contributed by atoms with Gasteiger partial charge in [0.25, 0.3) is 0 Å².